The van der Waals surface area contributed by atoms with Crippen molar-refractivity contribution in [3.05, 3.63) is 52.2 Å². The van der Waals surface area contributed by atoms with E-state index in [9.17, 15) is 4.79 Å². The molecule has 0 amide bonds. The van der Waals surface area contributed by atoms with Gasteiger partial charge in [-0.25, -0.2) is 4.79 Å². The highest BCUT2D eigenvalue weighted by Gasteiger charge is 2.07. The van der Waals surface area contributed by atoms with Gasteiger partial charge in [0.05, 0.1) is 5.69 Å². The van der Waals surface area contributed by atoms with Crippen LogP contribution in [-0.2, 0) is 7.05 Å². The number of imidazole rings is 1. The highest BCUT2D eigenvalue weighted by atomic mass is 16.1. The third-order valence-corrected chi connectivity index (χ3v) is 2.90. The van der Waals surface area contributed by atoms with Crippen LogP contribution in [0.25, 0.3) is 5.69 Å². The van der Waals surface area contributed by atoms with Gasteiger partial charge < -0.3 is 10.3 Å². The summed E-state index contributed by atoms with van der Waals surface area (Å²) in [6, 6.07) is 7.77. The summed E-state index contributed by atoms with van der Waals surface area (Å²) >= 11 is 0. The fourth-order valence-electron chi connectivity index (χ4n) is 1.94. The topological polar surface area (TPSA) is 53.0 Å². The lowest BCUT2D eigenvalue weighted by molar-refractivity contribution is 0.809. The molecule has 17 heavy (non-hydrogen) atoms. The molecule has 0 spiro atoms. The van der Waals surface area contributed by atoms with Crippen LogP contribution in [0.1, 0.15) is 24.2 Å². The van der Waals surface area contributed by atoms with Crippen molar-refractivity contribution in [2.24, 2.45) is 12.8 Å². The molecule has 0 saturated heterocycles. The summed E-state index contributed by atoms with van der Waals surface area (Å²) in [4.78, 5) is 11.9. The molecule has 0 aliphatic heterocycles. The van der Waals surface area contributed by atoms with E-state index in [0.717, 1.165) is 16.9 Å². The lowest BCUT2D eigenvalue weighted by Crippen LogP contribution is -2.21. The summed E-state index contributed by atoms with van der Waals surface area (Å²) in [6.45, 7) is 3.86. The lowest BCUT2D eigenvalue weighted by Gasteiger charge is -2.08. The molecule has 2 rings (SSSR count). The second-order valence-corrected chi connectivity index (χ2v) is 4.38. The van der Waals surface area contributed by atoms with E-state index in [2.05, 4.69) is 0 Å². The molecule has 4 heteroatoms. The van der Waals surface area contributed by atoms with Crippen LogP contribution < -0.4 is 11.4 Å². The molecule has 90 valence electrons. The first-order valence-corrected chi connectivity index (χ1v) is 5.61. The minimum Gasteiger partial charge on any atom is -0.324 e. The van der Waals surface area contributed by atoms with Crippen LogP contribution in [0, 0.1) is 6.92 Å². The maximum Gasteiger partial charge on any atom is 0.332 e. The molecule has 2 N–H and O–H groups in total. The van der Waals surface area contributed by atoms with Crippen molar-refractivity contribution in [2.75, 3.05) is 0 Å². The summed E-state index contributed by atoms with van der Waals surface area (Å²) in [5.74, 6) is 0. The van der Waals surface area contributed by atoms with Crippen molar-refractivity contribution in [3.8, 4) is 5.69 Å². The predicted molar refractivity (Wildman–Crippen MR) is 68.3 cm³/mol. The third-order valence-electron chi connectivity index (χ3n) is 2.90. The van der Waals surface area contributed by atoms with Crippen LogP contribution in [0.4, 0.5) is 0 Å². The summed E-state index contributed by atoms with van der Waals surface area (Å²) < 4.78 is 3.26. The molecule has 1 atom stereocenters. The molecule has 2 aromatic rings. The normalized spacial score (nSPS) is 12.7. The Morgan fingerprint density at radius 2 is 1.82 bits per heavy atom. The molecule has 1 aromatic carbocycles. The van der Waals surface area contributed by atoms with E-state index in [1.165, 1.54) is 0 Å². The van der Waals surface area contributed by atoms with Gasteiger partial charge in [0.25, 0.3) is 0 Å². The van der Waals surface area contributed by atoms with Gasteiger partial charge in [-0.15, -0.1) is 0 Å². The van der Waals surface area contributed by atoms with Crippen LogP contribution in [-0.4, -0.2) is 9.13 Å². The molecule has 1 aromatic heterocycles. The average molecular weight is 231 g/mol. The highest BCUT2D eigenvalue weighted by Crippen LogP contribution is 2.14. The van der Waals surface area contributed by atoms with Crippen LogP contribution in [0.2, 0.25) is 0 Å². The van der Waals surface area contributed by atoms with E-state index in [1.54, 1.807) is 16.2 Å². The molecule has 0 saturated carbocycles. The summed E-state index contributed by atoms with van der Waals surface area (Å²) in [6.07, 6.45) is 1.82. The SMILES string of the molecule is Cc1cn(C)c(=O)n1-c1ccc(C(C)N)cc1. The fraction of sp³-hybridized carbons (Fsp3) is 0.308. The second kappa shape index (κ2) is 4.22. The van der Waals surface area contributed by atoms with Crippen molar-refractivity contribution in [2.45, 2.75) is 19.9 Å². The smallest absolute Gasteiger partial charge is 0.324 e. The Labute approximate surface area is 100 Å². The Hall–Kier alpha value is -1.81. The first-order chi connectivity index (χ1) is 8.00. The van der Waals surface area contributed by atoms with Crippen molar-refractivity contribution in [1.29, 1.82) is 0 Å². The Bertz CT molecular complexity index is 576. The van der Waals surface area contributed by atoms with Crippen molar-refractivity contribution >= 4 is 0 Å². The van der Waals surface area contributed by atoms with Gasteiger partial charge in [0, 0.05) is 25.0 Å². The molecule has 0 aliphatic rings. The minimum atomic E-state index is -0.0314. The van der Waals surface area contributed by atoms with E-state index >= 15 is 0 Å². The van der Waals surface area contributed by atoms with Gasteiger partial charge in [-0.05, 0) is 31.5 Å². The van der Waals surface area contributed by atoms with Crippen LogP contribution in [0.15, 0.2) is 35.3 Å². The summed E-state index contributed by atoms with van der Waals surface area (Å²) in [5.41, 5.74) is 8.62. The highest BCUT2D eigenvalue weighted by molar-refractivity contribution is 5.37. The van der Waals surface area contributed by atoms with E-state index in [1.807, 2.05) is 44.3 Å². The molecule has 1 heterocycles. The van der Waals surface area contributed by atoms with Crippen LogP contribution in [0.5, 0.6) is 0 Å². The first kappa shape index (κ1) is 11.7. The Balaban J connectivity index is 2.50. The lowest BCUT2D eigenvalue weighted by atomic mass is 10.1. The van der Waals surface area contributed by atoms with Gasteiger partial charge in [-0.2, -0.15) is 0 Å². The van der Waals surface area contributed by atoms with Crippen LogP contribution in [0.3, 0.4) is 0 Å². The van der Waals surface area contributed by atoms with Gasteiger partial charge in [0.1, 0.15) is 0 Å². The fourth-order valence-corrected chi connectivity index (χ4v) is 1.94. The standard InChI is InChI=1S/C13H17N3O/c1-9-8-15(3)13(17)16(9)12-6-4-11(5-7-12)10(2)14/h4-8,10H,14H2,1-3H3. The number of hydrogen-bond donors (Lipinski definition) is 1. The molecule has 0 fully saturated rings. The second-order valence-electron chi connectivity index (χ2n) is 4.38. The van der Waals surface area contributed by atoms with E-state index in [-0.39, 0.29) is 11.7 Å². The number of rotatable bonds is 2. The molecule has 4 nitrogen and oxygen atoms in total. The predicted octanol–water partition coefficient (Wildman–Crippen LogP) is 1.50. The largest absolute Gasteiger partial charge is 0.332 e. The van der Waals surface area contributed by atoms with Crippen molar-refractivity contribution < 1.29 is 0 Å². The van der Waals surface area contributed by atoms with E-state index in [4.69, 9.17) is 5.73 Å². The number of nitrogens with zero attached hydrogens (tertiary/aromatic N) is 2. The van der Waals surface area contributed by atoms with Gasteiger partial charge in [0.2, 0.25) is 0 Å². The average Bonchev–Trinajstić information content (AvgIpc) is 2.53. The number of benzene rings is 1. The Morgan fingerprint density at radius 3 is 2.24 bits per heavy atom. The molecule has 1 unspecified atom stereocenters. The molecule has 0 bridgehead atoms. The number of aryl methyl sites for hydroxylation is 2. The maximum atomic E-state index is 11.9. The quantitative estimate of drug-likeness (QED) is 0.851. The van der Waals surface area contributed by atoms with Gasteiger partial charge >= 0.3 is 5.69 Å². The number of hydrogen-bond acceptors (Lipinski definition) is 2. The van der Waals surface area contributed by atoms with E-state index in [0.29, 0.717) is 0 Å². The zero-order valence-electron chi connectivity index (χ0n) is 10.3. The van der Waals surface area contributed by atoms with Gasteiger partial charge in [0.15, 0.2) is 0 Å². The number of aromatic nitrogens is 2. The third kappa shape index (κ3) is 2.03. The first-order valence-electron chi connectivity index (χ1n) is 5.61. The zero-order valence-corrected chi connectivity index (χ0v) is 10.3. The van der Waals surface area contributed by atoms with Crippen molar-refractivity contribution in [1.82, 2.24) is 9.13 Å². The Kier molecular flexibility index (Phi) is 2.90. The monoisotopic (exact) mass is 231 g/mol. The van der Waals surface area contributed by atoms with Gasteiger partial charge in [-0.1, -0.05) is 12.1 Å². The molecular weight excluding hydrogens is 214 g/mol. The zero-order chi connectivity index (χ0) is 12.6. The number of nitrogens with two attached hydrogens (primary N) is 1. The van der Waals surface area contributed by atoms with Crippen molar-refractivity contribution in [3.63, 3.8) is 0 Å². The molecular formula is C13H17N3O. The van der Waals surface area contributed by atoms with Crippen LogP contribution >= 0.6 is 0 Å². The minimum absolute atomic E-state index is 0.0117. The molecule has 0 aliphatic carbocycles. The maximum absolute atomic E-state index is 11.9. The van der Waals surface area contributed by atoms with Gasteiger partial charge in [-0.3, -0.25) is 4.57 Å². The Morgan fingerprint density at radius 1 is 1.24 bits per heavy atom. The summed E-state index contributed by atoms with van der Waals surface area (Å²) in [7, 11) is 1.75. The van der Waals surface area contributed by atoms with E-state index < -0.39 is 0 Å². The molecule has 0 radical (unpaired) electrons. The summed E-state index contributed by atoms with van der Waals surface area (Å²) in [5, 5.41) is 0.